The standard InChI is InChI=1S/C42H50Br2N6O10/c1-25-27(23-59-41-33(43)17-29(39(47-41)57-3)19-49(21-37(53)54)15-7-13-35(45)51)9-5-11-31(25)32-12-6-10-28(26(32)2)24-60-42-34(44)18-30(40(48-42)58-4)20-50(22-38(55)56)16-8-14-36(46)52/h5-6,9-12,17-18H,7-8,13-16,19-24H2,1-4H3,(H2,45,51)(H2,46,52)(H,53,54)(H,55,56). The first-order chi connectivity index (χ1) is 28.6. The lowest BCUT2D eigenvalue weighted by Gasteiger charge is -2.22. The molecule has 322 valence electrons. The molecule has 0 atom stereocenters. The van der Waals surface area contributed by atoms with Gasteiger partial charge >= 0.3 is 11.9 Å². The number of carbonyl (C=O) groups excluding carboxylic acids is 2. The molecule has 4 aromatic rings. The van der Waals surface area contributed by atoms with Crippen molar-refractivity contribution in [2.45, 2.75) is 65.8 Å². The molecule has 0 aliphatic rings. The molecule has 2 heterocycles. The molecule has 0 aliphatic heterocycles. The van der Waals surface area contributed by atoms with E-state index in [0.717, 1.165) is 33.4 Å². The number of hydrogen-bond acceptors (Lipinski definition) is 12. The quantitative estimate of drug-likeness (QED) is 0.0619. The molecule has 0 saturated heterocycles. The van der Waals surface area contributed by atoms with E-state index in [1.807, 2.05) is 50.2 Å². The molecule has 0 aliphatic carbocycles. The molecule has 4 rings (SSSR count). The Morgan fingerprint density at radius 1 is 0.633 bits per heavy atom. The molecule has 60 heavy (non-hydrogen) atoms. The van der Waals surface area contributed by atoms with Gasteiger partial charge in [-0.25, -0.2) is 0 Å². The van der Waals surface area contributed by atoms with Gasteiger partial charge in [0.2, 0.25) is 35.3 Å². The second-order valence-electron chi connectivity index (χ2n) is 14.0. The average Bonchev–Trinajstić information content (AvgIpc) is 3.17. The molecule has 2 amide bonds. The minimum absolute atomic E-state index is 0.147. The summed E-state index contributed by atoms with van der Waals surface area (Å²) in [7, 11) is 2.96. The van der Waals surface area contributed by atoms with Gasteiger partial charge in [0.1, 0.15) is 13.2 Å². The van der Waals surface area contributed by atoms with E-state index in [1.54, 1.807) is 21.9 Å². The van der Waals surface area contributed by atoms with Crippen LogP contribution in [0.4, 0.5) is 0 Å². The number of hydrogen-bond donors (Lipinski definition) is 4. The van der Waals surface area contributed by atoms with Gasteiger partial charge in [-0.15, -0.1) is 0 Å². The van der Waals surface area contributed by atoms with Gasteiger partial charge in [-0.05, 0) is 117 Å². The summed E-state index contributed by atoms with van der Waals surface area (Å²) in [4.78, 5) is 58.0. The maximum atomic E-state index is 11.5. The Bertz CT molecular complexity index is 2020. The van der Waals surface area contributed by atoms with E-state index in [-0.39, 0.29) is 64.0 Å². The highest BCUT2D eigenvalue weighted by molar-refractivity contribution is 9.10. The number of amides is 2. The highest BCUT2D eigenvalue weighted by atomic mass is 79.9. The number of halogens is 2. The Morgan fingerprint density at radius 2 is 1.02 bits per heavy atom. The molecule has 16 nitrogen and oxygen atoms in total. The molecular weight excluding hydrogens is 908 g/mol. The number of methoxy groups -OCH3 is 2. The normalized spacial score (nSPS) is 11.1. The van der Waals surface area contributed by atoms with Gasteiger partial charge in [0.05, 0.1) is 36.3 Å². The van der Waals surface area contributed by atoms with Gasteiger partial charge in [-0.3, -0.25) is 29.0 Å². The number of carboxylic acids is 2. The predicted octanol–water partition coefficient (Wildman–Crippen LogP) is 5.76. The number of nitrogens with zero attached hydrogens (tertiary/aromatic N) is 4. The average molecular weight is 959 g/mol. The Hall–Kier alpha value is -5.30. The maximum absolute atomic E-state index is 11.5. The lowest BCUT2D eigenvalue weighted by Crippen LogP contribution is -2.31. The van der Waals surface area contributed by atoms with E-state index < -0.39 is 23.8 Å². The second-order valence-corrected chi connectivity index (χ2v) is 15.7. The summed E-state index contributed by atoms with van der Waals surface area (Å²) in [5.41, 5.74) is 17.7. The second kappa shape index (κ2) is 22.9. The third kappa shape index (κ3) is 13.9. The number of primary amides is 2. The molecule has 2 aromatic heterocycles. The fraction of sp³-hybridized carbons (Fsp3) is 0.381. The summed E-state index contributed by atoms with van der Waals surface area (Å²) in [6, 6.07) is 15.6. The van der Waals surface area contributed by atoms with Gasteiger partial charge < -0.3 is 40.6 Å². The number of ether oxygens (including phenoxy) is 4. The molecule has 0 fully saturated rings. The molecule has 0 spiro atoms. The van der Waals surface area contributed by atoms with Crippen LogP contribution < -0.4 is 30.4 Å². The van der Waals surface area contributed by atoms with E-state index in [1.165, 1.54) is 14.2 Å². The van der Waals surface area contributed by atoms with Crippen LogP contribution in [-0.2, 0) is 45.5 Å². The third-order valence-electron chi connectivity index (χ3n) is 9.56. The number of aromatic nitrogens is 2. The summed E-state index contributed by atoms with van der Waals surface area (Å²) in [6.45, 7) is 5.12. The number of carboxylic acid groups (broad SMARTS) is 2. The molecule has 0 bridgehead atoms. The number of aliphatic carboxylic acids is 2. The summed E-state index contributed by atoms with van der Waals surface area (Å²) < 4.78 is 24.7. The van der Waals surface area contributed by atoms with E-state index in [0.29, 0.717) is 57.8 Å². The predicted molar refractivity (Wildman–Crippen MR) is 230 cm³/mol. The van der Waals surface area contributed by atoms with Crippen LogP contribution in [0.1, 0.15) is 59.1 Å². The number of carbonyl (C=O) groups is 4. The highest BCUT2D eigenvalue weighted by Crippen LogP contribution is 2.35. The molecule has 0 radical (unpaired) electrons. The minimum Gasteiger partial charge on any atom is -0.481 e. The van der Waals surface area contributed by atoms with E-state index >= 15 is 0 Å². The number of rotatable bonds is 25. The van der Waals surface area contributed by atoms with Crippen molar-refractivity contribution < 1.29 is 48.3 Å². The van der Waals surface area contributed by atoms with E-state index in [4.69, 9.17) is 30.4 Å². The Balaban J connectivity index is 1.49. The fourth-order valence-electron chi connectivity index (χ4n) is 6.57. The van der Waals surface area contributed by atoms with E-state index in [9.17, 15) is 29.4 Å². The molecular formula is C42H50Br2N6O10. The first-order valence-electron chi connectivity index (χ1n) is 18.9. The van der Waals surface area contributed by atoms with Crippen LogP contribution in [0.25, 0.3) is 11.1 Å². The van der Waals surface area contributed by atoms with Crippen molar-refractivity contribution in [3.8, 4) is 34.6 Å². The van der Waals surface area contributed by atoms with Crippen LogP contribution in [0.3, 0.4) is 0 Å². The van der Waals surface area contributed by atoms with Gasteiger partial charge in [0, 0.05) is 37.1 Å². The van der Waals surface area contributed by atoms with Gasteiger partial charge in [-0.1, -0.05) is 36.4 Å². The van der Waals surface area contributed by atoms with Gasteiger partial charge in [-0.2, -0.15) is 9.97 Å². The summed E-state index contributed by atoms with van der Waals surface area (Å²) in [5.74, 6) is -1.73. The van der Waals surface area contributed by atoms with Crippen molar-refractivity contribution in [1.82, 2.24) is 19.8 Å². The Labute approximate surface area is 365 Å². The summed E-state index contributed by atoms with van der Waals surface area (Å²) in [5, 5.41) is 18.9. The van der Waals surface area contributed by atoms with E-state index in [2.05, 4.69) is 41.8 Å². The number of benzene rings is 2. The molecule has 6 N–H and O–H groups in total. The fourth-order valence-corrected chi connectivity index (χ4v) is 7.53. The molecule has 2 aromatic carbocycles. The van der Waals surface area contributed by atoms with Crippen LogP contribution in [0.2, 0.25) is 0 Å². The van der Waals surface area contributed by atoms with Crippen molar-refractivity contribution >= 4 is 55.6 Å². The lowest BCUT2D eigenvalue weighted by atomic mass is 9.92. The largest absolute Gasteiger partial charge is 0.481 e. The van der Waals surface area contributed by atoms with Crippen molar-refractivity contribution in [3.05, 3.63) is 90.9 Å². The number of nitrogens with two attached hydrogens (primary N) is 2. The first kappa shape index (κ1) is 47.4. The third-order valence-corrected chi connectivity index (χ3v) is 10.7. The smallest absolute Gasteiger partial charge is 0.317 e. The van der Waals surface area contributed by atoms with Crippen LogP contribution in [0, 0.1) is 13.8 Å². The molecule has 18 heteroatoms. The highest BCUT2D eigenvalue weighted by Gasteiger charge is 2.21. The van der Waals surface area contributed by atoms with Crippen LogP contribution in [0.15, 0.2) is 57.5 Å². The Morgan fingerprint density at radius 3 is 1.35 bits per heavy atom. The lowest BCUT2D eigenvalue weighted by molar-refractivity contribution is -0.139. The Kier molecular flexibility index (Phi) is 18.1. The zero-order chi connectivity index (χ0) is 43.9. The minimum atomic E-state index is -1.00. The van der Waals surface area contributed by atoms with Crippen LogP contribution >= 0.6 is 31.9 Å². The number of pyridine rings is 2. The topological polar surface area (TPSA) is 230 Å². The van der Waals surface area contributed by atoms with Crippen LogP contribution in [0.5, 0.6) is 23.5 Å². The van der Waals surface area contributed by atoms with Crippen molar-refractivity contribution in [1.29, 1.82) is 0 Å². The van der Waals surface area contributed by atoms with Crippen LogP contribution in [-0.4, -0.2) is 94.1 Å². The maximum Gasteiger partial charge on any atom is 0.317 e. The first-order valence-corrected chi connectivity index (χ1v) is 20.5. The van der Waals surface area contributed by atoms with Gasteiger partial charge in [0.25, 0.3) is 0 Å². The SMILES string of the molecule is COc1nc(OCc2cccc(-c3cccc(COc4nc(OC)c(CN(CCCC(N)=O)CC(=O)O)cc4Br)c3C)c2C)c(Br)cc1CN(CCCC(N)=O)CC(=O)O. The monoisotopic (exact) mass is 956 g/mol. The molecule has 0 unspecified atom stereocenters. The zero-order valence-corrected chi connectivity index (χ0v) is 37.1. The van der Waals surface area contributed by atoms with Crippen molar-refractivity contribution in [2.24, 2.45) is 11.5 Å². The molecule has 0 saturated carbocycles. The summed E-state index contributed by atoms with van der Waals surface area (Å²) >= 11 is 7.12. The van der Waals surface area contributed by atoms with Crippen molar-refractivity contribution in [2.75, 3.05) is 40.4 Å². The van der Waals surface area contributed by atoms with Crippen molar-refractivity contribution in [3.63, 3.8) is 0 Å². The summed E-state index contributed by atoms with van der Waals surface area (Å²) in [6.07, 6.45) is 1.13. The van der Waals surface area contributed by atoms with Gasteiger partial charge in [0.15, 0.2) is 0 Å². The zero-order valence-electron chi connectivity index (χ0n) is 34.0.